The Morgan fingerprint density at radius 1 is 1.02 bits per heavy atom. The lowest BCUT2D eigenvalue weighted by Crippen LogP contribution is -2.50. The van der Waals surface area contributed by atoms with Gasteiger partial charge in [-0.2, -0.15) is 4.98 Å². The van der Waals surface area contributed by atoms with Crippen LogP contribution in [0.4, 0.5) is 10.7 Å². The van der Waals surface area contributed by atoms with Gasteiger partial charge >= 0.3 is 6.09 Å². The molecule has 3 heterocycles. The number of hydrogen-bond donors (Lipinski definition) is 1. The van der Waals surface area contributed by atoms with E-state index in [0.717, 1.165) is 54.4 Å². The monoisotopic (exact) mass is 618 g/mol. The van der Waals surface area contributed by atoms with Crippen LogP contribution in [-0.4, -0.2) is 54.7 Å². The van der Waals surface area contributed by atoms with E-state index in [-0.39, 0.29) is 28.3 Å². The summed E-state index contributed by atoms with van der Waals surface area (Å²) in [5.74, 6) is 0.865. The predicted octanol–water partition coefficient (Wildman–Crippen LogP) is 6.85. The number of amides is 1. The number of sulfonamides is 1. The van der Waals surface area contributed by atoms with Gasteiger partial charge in [0.2, 0.25) is 11.8 Å². The van der Waals surface area contributed by atoms with Gasteiger partial charge in [0.15, 0.2) is 0 Å². The van der Waals surface area contributed by atoms with Crippen molar-refractivity contribution in [3.05, 3.63) is 65.2 Å². The Labute approximate surface area is 260 Å². The van der Waals surface area contributed by atoms with Gasteiger partial charge in [-0.25, -0.2) is 22.9 Å². The number of piperidine rings is 1. The summed E-state index contributed by atoms with van der Waals surface area (Å²) < 4.78 is 41.6. The molecule has 10 heteroatoms. The maximum absolute atomic E-state index is 13.6. The number of fused-ring (bicyclic) bond motifs is 4. The fraction of sp³-hybridized carbons (Fsp3) is 0.500. The van der Waals surface area contributed by atoms with Crippen LogP contribution in [0.15, 0.2) is 53.4 Å². The van der Waals surface area contributed by atoms with Crippen molar-refractivity contribution < 1.29 is 22.7 Å². The van der Waals surface area contributed by atoms with E-state index in [1.807, 2.05) is 69.9 Å². The average Bonchev–Trinajstić information content (AvgIpc) is 2.93. The number of rotatable bonds is 2. The van der Waals surface area contributed by atoms with Gasteiger partial charge in [-0.05, 0) is 113 Å². The molecule has 2 fully saturated rings. The molecule has 1 unspecified atom stereocenters. The molecule has 3 aliphatic rings. The summed E-state index contributed by atoms with van der Waals surface area (Å²) in [5, 5.41) is 0. The number of nitrogens with one attached hydrogen (secondary N) is 1. The number of nitrogens with zero attached hydrogens (tertiary/aromatic N) is 3. The lowest BCUT2D eigenvalue weighted by atomic mass is 9.53. The van der Waals surface area contributed by atoms with Gasteiger partial charge < -0.3 is 14.4 Å². The van der Waals surface area contributed by atoms with Crippen molar-refractivity contribution in [3.63, 3.8) is 0 Å². The van der Waals surface area contributed by atoms with E-state index in [1.54, 1.807) is 18.2 Å². The highest BCUT2D eigenvalue weighted by Gasteiger charge is 2.49. The van der Waals surface area contributed by atoms with Gasteiger partial charge in [0, 0.05) is 24.7 Å². The average molecular weight is 619 g/mol. The van der Waals surface area contributed by atoms with Crippen LogP contribution < -0.4 is 9.46 Å². The Morgan fingerprint density at radius 3 is 2.39 bits per heavy atom. The molecular formula is C34H42N4O5S. The van der Waals surface area contributed by atoms with Crippen LogP contribution in [0.2, 0.25) is 0 Å². The molecule has 1 aliphatic carbocycles. The van der Waals surface area contributed by atoms with Crippen LogP contribution in [0.1, 0.15) is 75.5 Å². The van der Waals surface area contributed by atoms with Crippen molar-refractivity contribution in [1.29, 1.82) is 0 Å². The van der Waals surface area contributed by atoms with Crippen LogP contribution in [0.3, 0.4) is 0 Å². The van der Waals surface area contributed by atoms with Gasteiger partial charge in [0.25, 0.3) is 10.0 Å². The number of hydrogen-bond acceptors (Lipinski definition) is 7. The topological polar surface area (TPSA) is 111 Å². The maximum Gasteiger partial charge on any atom is 0.410 e. The minimum Gasteiger partial charge on any atom is -0.478 e. The first kappa shape index (κ1) is 30.4. The second-order valence-electron chi connectivity index (χ2n) is 13.7. The summed E-state index contributed by atoms with van der Waals surface area (Å²) in [6.07, 6.45) is 4.50. The number of likely N-dealkylation sites (tertiary alicyclic amines) is 1. The zero-order valence-corrected chi connectivity index (χ0v) is 27.0. The molecular weight excluding hydrogens is 576 g/mol. The molecule has 1 N–H and O–H groups in total. The minimum absolute atomic E-state index is 0.0126. The number of carbonyl (C=O) groups excluding carboxylic acids is 1. The molecule has 9 nitrogen and oxygen atoms in total. The molecule has 1 spiro atoms. The van der Waals surface area contributed by atoms with Crippen LogP contribution in [0.25, 0.3) is 11.3 Å². The molecule has 44 heavy (non-hydrogen) atoms. The van der Waals surface area contributed by atoms with Gasteiger partial charge in [0.05, 0.1) is 17.2 Å². The van der Waals surface area contributed by atoms with Gasteiger partial charge in [-0.3, -0.25) is 0 Å². The minimum atomic E-state index is -3.94. The van der Waals surface area contributed by atoms with E-state index >= 15 is 0 Å². The molecule has 1 amide bonds. The highest BCUT2D eigenvalue weighted by atomic mass is 32.2. The number of benzene rings is 2. The quantitative estimate of drug-likeness (QED) is 0.334. The molecule has 1 saturated carbocycles. The summed E-state index contributed by atoms with van der Waals surface area (Å²) in [7, 11) is -3.94. The molecule has 1 saturated heterocycles. The van der Waals surface area contributed by atoms with Crippen LogP contribution in [-0.2, 0) is 14.8 Å². The number of anilines is 1. The largest absolute Gasteiger partial charge is 0.478 e. The summed E-state index contributed by atoms with van der Waals surface area (Å²) in [5.41, 5.74) is 4.33. The summed E-state index contributed by atoms with van der Waals surface area (Å²) in [6, 6.07) is 15.1. The third kappa shape index (κ3) is 6.27. The van der Waals surface area contributed by atoms with Crippen molar-refractivity contribution in [3.8, 4) is 17.1 Å². The molecule has 1 aromatic heterocycles. The van der Waals surface area contributed by atoms with Gasteiger partial charge in [-0.1, -0.05) is 30.3 Å². The van der Waals surface area contributed by atoms with Gasteiger partial charge in [-0.15, -0.1) is 0 Å². The molecule has 2 aliphatic heterocycles. The van der Waals surface area contributed by atoms with E-state index in [9.17, 15) is 13.2 Å². The Bertz CT molecular complexity index is 1650. The van der Waals surface area contributed by atoms with Gasteiger partial charge in [0.1, 0.15) is 5.60 Å². The zero-order chi connectivity index (χ0) is 31.3. The second-order valence-corrected chi connectivity index (χ2v) is 15.4. The molecule has 3 aromatic rings. The summed E-state index contributed by atoms with van der Waals surface area (Å²) >= 11 is 0. The Morgan fingerprint density at radius 2 is 1.70 bits per heavy atom. The van der Waals surface area contributed by atoms with E-state index in [0.29, 0.717) is 37.2 Å². The van der Waals surface area contributed by atoms with Crippen LogP contribution >= 0.6 is 0 Å². The molecule has 0 radical (unpaired) electrons. The van der Waals surface area contributed by atoms with E-state index < -0.39 is 15.6 Å². The first-order chi connectivity index (χ1) is 20.8. The number of ether oxygens (including phenoxy) is 2. The molecule has 2 aromatic carbocycles. The van der Waals surface area contributed by atoms with E-state index in [4.69, 9.17) is 9.47 Å². The third-order valence-electron chi connectivity index (χ3n) is 9.38. The lowest BCUT2D eigenvalue weighted by Gasteiger charge is -2.54. The standard InChI is InChI=1S/C34H42N4O5S/c1-22-8-6-9-23(2)30(22)28-19-29-36-31(35-28)37-44(40,41)26-11-7-10-24(18-26)27(12-17-42-29)25-20-34(21-25)13-15-38(16-14-34)32(39)43-33(3,4)5/h6-11,18-19,25,27H,12-17,20-21H2,1-5H3,(H,35,36,37). The molecule has 234 valence electrons. The number of carbonyl (C=O) groups is 1. The van der Waals surface area contributed by atoms with Crippen molar-refractivity contribution in [2.24, 2.45) is 11.3 Å². The van der Waals surface area contributed by atoms with Crippen molar-refractivity contribution in [2.45, 2.75) is 83.1 Å². The van der Waals surface area contributed by atoms with Crippen LogP contribution in [0, 0.1) is 25.2 Å². The van der Waals surface area contributed by atoms with Crippen molar-refractivity contribution in [1.82, 2.24) is 14.9 Å². The fourth-order valence-corrected chi connectivity index (χ4v) is 8.18. The van der Waals surface area contributed by atoms with E-state index in [1.165, 1.54) is 0 Å². The predicted molar refractivity (Wildman–Crippen MR) is 169 cm³/mol. The maximum atomic E-state index is 13.6. The van der Waals surface area contributed by atoms with Crippen LogP contribution in [0.5, 0.6) is 5.88 Å². The Kier molecular flexibility index (Phi) is 7.84. The molecule has 1 atom stereocenters. The first-order valence-corrected chi connectivity index (χ1v) is 17.0. The normalized spacial score (nSPS) is 21.2. The second kappa shape index (κ2) is 11.4. The smallest absolute Gasteiger partial charge is 0.410 e. The lowest BCUT2D eigenvalue weighted by molar-refractivity contribution is -0.0358. The molecule has 4 bridgehead atoms. The summed E-state index contributed by atoms with van der Waals surface area (Å²) in [6.45, 7) is 11.5. The van der Waals surface area contributed by atoms with E-state index in [2.05, 4.69) is 14.7 Å². The molecule has 6 rings (SSSR count). The highest BCUT2D eigenvalue weighted by molar-refractivity contribution is 7.92. The highest BCUT2D eigenvalue weighted by Crippen LogP contribution is 2.57. The first-order valence-electron chi connectivity index (χ1n) is 15.5. The zero-order valence-electron chi connectivity index (χ0n) is 26.2. The SMILES string of the molecule is Cc1cccc(C)c1-c1cc2nc(n1)NS(=O)(=O)c1cccc(c1)C(C1CC3(CCN(C(=O)OC(C)(C)C)CC3)C1)CCO2. The number of aromatic nitrogens is 2. The Balaban J connectivity index is 1.23. The number of aryl methyl sites for hydroxylation is 2. The Hall–Kier alpha value is -3.66. The third-order valence-corrected chi connectivity index (χ3v) is 10.7. The summed E-state index contributed by atoms with van der Waals surface area (Å²) in [4.78, 5) is 23.7. The van der Waals surface area contributed by atoms with Crippen molar-refractivity contribution >= 4 is 22.1 Å². The van der Waals surface area contributed by atoms with Crippen molar-refractivity contribution in [2.75, 3.05) is 24.4 Å². The fourth-order valence-electron chi connectivity index (χ4n) is 7.18.